The Hall–Kier alpha value is -2.04. The number of benzene rings is 2. The highest BCUT2D eigenvalue weighted by molar-refractivity contribution is 6.31. The Morgan fingerprint density at radius 2 is 2.00 bits per heavy atom. The van der Waals surface area contributed by atoms with Crippen LogP contribution in [0, 0.1) is 0 Å². The predicted molar refractivity (Wildman–Crippen MR) is 82.9 cm³/mol. The molecule has 3 rings (SSSR count). The van der Waals surface area contributed by atoms with Crippen LogP contribution < -0.4 is 15.4 Å². The third-order valence-electron chi connectivity index (χ3n) is 3.46. The molecule has 0 radical (unpaired) electrons. The summed E-state index contributed by atoms with van der Waals surface area (Å²) in [6.45, 7) is 1.72. The Morgan fingerprint density at radius 1 is 1.19 bits per heavy atom. The molecule has 21 heavy (non-hydrogen) atoms. The van der Waals surface area contributed by atoms with E-state index in [0.717, 1.165) is 18.8 Å². The van der Waals surface area contributed by atoms with Crippen molar-refractivity contribution >= 4 is 23.2 Å². The van der Waals surface area contributed by atoms with Gasteiger partial charge in [-0.1, -0.05) is 17.7 Å². The maximum atomic E-state index is 12.3. The zero-order valence-corrected chi connectivity index (χ0v) is 12.3. The minimum absolute atomic E-state index is 0.207. The van der Waals surface area contributed by atoms with Gasteiger partial charge >= 0.3 is 0 Å². The van der Waals surface area contributed by atoms with Crippen LogP contribution in [0.1, 0.15) is 21.5 Å². The van der Waals surface area contributed by atoms with Crippen molar-refractivity contribution in [2.45, 2.75) is 13.1 Å². The third-order valence-corrected chi connectivity index (χ3v) is 3.68. The lowest BCUT2D eigenvalue weighted by Gasteiger charge is -2.09. The minimum atomic E-state index is -0.207. The standard InChI is InChI=1S/C16H15ClN2O2/c1-21-15-6-11(4-13(17)7-15)16(20)19-14-3-2-10-8-18-9-12(10)5-14/h2-7,18H,8-9H2,1H3,(H,19,20). The monoisotopic (exact) mass is 302 g/mol. The maximum absolute atomic E-state index is 12.3. The van der Waals surface area contributed by atoms with Crippen LogP contribution in [0.4, 0.5) is 5.69 Å². The van der Waals surface area contributed by atoms with Gasteiger partial charge < -0.3 is 15.4 Å². The molecule has 0 aliphatic carbocycles. The first-order chi connectivity index (χ1) is 10.2. The summed E-state index contributed by atoms with van der Waals surface area (Å²) in [4.78, 5) is 12.3. The second-order valence-electron chi connectivity index (χ2n) is 4.92. The first kappa shape index (κ1) is 13.9. The molecule has 5 heteroatoms. The number of nitrogens with one attached hydrogen (secondary N) is 2. The molecular formula is C16H15ClN2O2. The highest BCUT2D eigenvalue weighted by Gasteiger charge is 2.13. The molecule has 0 spiro atoms. The Labute approximate surface area is 128 Å². The van der Waals surface area contributed by atoms with Crippen molar-refractivity contribution in [2.24, 2.45) is 0 Å². The zero-order chi connectivity index (χ0) is 14.8. The fourth-order valence-corrected chi connectivity index (χ4v) is 2.61. The molecule has 2 aromatic rings. The summed E-state index contributed by atoms with van der Waals surface area (Å²) in [7, 11) is 1.54. The Morgan fingerprint density at radius 3 is 2.81 bits per heavy atom. The van der Waals surface area contributed by atoms with Gasteiger partial charge in [0.25, 0.3) is 5.91 Å². The summed E-state index contributed by atoms with van der Waals surface area (Å²) in [5.41, 5.74) is 3.74. The van der Waals surface area contributed by atoms with Gasteiger partial charge in [0.05, 0.1) is 7.11 Å². The summed E-state index contributed by atoms with van der Waals surface area (Å²) >= 11 is 5.98. The van der Waals surface area contributed by atoms with Crippen LogP contribution >= 0.6 is 11.6 Å². The van der Waals surface area contributed by atoms with E-state index in [-0.39, 0.29) is 5.91 Å². The van der Waals surface area contributed by atoms with Crippen molar-refractivity contribution in [3.05, 3.63) is 58.1 Å². The molecule has 0 saturated carbocycles. The molecule has 0 fully saturated rings. The van der Waals surface area contributed by atoms with E-state index in [0.29, 0.717) is 16.3 Å². The van der Waals surface area contributed by atoms with E-state index in [1.807, 2.05) is 18.2 Å². The molecule has 1 aliphatic heterocycles. The largest absolute Gasteiger partial charge is 0.497 e. The van der Waals surface area contributed by atoms with Gasteiger partial charge in [0.1, 0.15) is 5.75 Å². The summed E-state index contributed by atoms with van der Waals surface area (Å²) in [5, 5.41) is 6.63. The first-order valence-corrected chi connectivity index (χ1v) is 7.02. The highest BCUT2D eigenvalue weighted by Crippen LogP contribution is 2.23. The minimum Gasteiger partial charge on any atom is -0.497 e. The quantitative estimate of drug-likeness (QED) is 0.915. The van der Waals surface area contributed by atoms with E-state index in [9.17, 15) is 4.79 Å². The van der Waals surface area contributed by atoms with Crippen LogP contribution in [0.25, 0.3) is 0 Å². The number of hydrogen-bond donors (Lipinski definition) is 2. The molecule has 1 heterocycles. The number of carbonyl (C=O) groups is 1. The fraction of sp³-hybridized carbons (Fsp3) is 0.188. The van der Waals surface area contributed by atoms with E-state index in [1.165, 1.54) is 11.1 Å². The highest BCUT2D eigenvalue weighted by atomic mass is 35.5. The topological polar surface area (TPSA) is 50.4 Å². The van der Waals surface area contributed by atoms with Crippen molar-refractivity contribution in [3.63, 3.8) is 0 Å². The second-order valence-corrected chi connectivity index (χ2v) is 5.36. The van der Waals surface area contributed by atoms with Gasteiger partial charge in [-0.15, -0.1) is 0 Å². The van der Waals surface area contributed by atoms with Gasteiger partial charge in [-0.25, -0.2) is 0 Å². The molecule has 0 saturated heterocycles. The van der Waals surface area contributed by atoms with E-state index in [4.69, 9.17) is 16.3 Å². The van der Waals surface area contributed by atoms with Crippen molar-refractivity contribution in [2.75, 3.05) is 12.4 Å². The number of rotatable bonds is 3. The summed E-state index contributed by atoms with van der Waals surface area (Å²) < 4.78 is 5.12. The number of ether oxygens (including phenoxy) is 1. The Kier molecular flexibility index (Phi) is 3.82. The van der Waals surface area contributed by atoms with E-state index in [2.05, 4.69) is 10.6 Å². The predicted octanol–water partition coefficient (Wildman–Crippen LogP) is 3.20. The van der Waals surface area contributed by atoms with Gasteiger partial charge in [0.15, 0.2) is 0 Å². The molecule has 2 N–H and O–H groups in total. The van der Waals surface area contributed by atoms with Gasteiger partial charge in [-0.05, 0) is 41.5 Å². The Balaban J connectivity index is 1.81. The van der Waals surface area contributed by atoms with E-state index < -0.39 is 0 Å². The first-order valence-electron chi connectivity index (χ1n) is 6.64. The molecule has 108 valence electrons. The lowest BCUT2D eigenvalue weighted by molar-refractivity contribution is 0.102. The molecule has 1 amide bonds. The number of anilines is 1. The van der Waals surface area contributed by atoms with Gasteiger partial charge in [-0.3, -0.25) is 4.79 Å². The van der Waals surface area contributed by atoms with Crippen molar-refractivity contribution in [3.8, 4) is 5.75 Å². The molecular weight excluding hydrogens is 288 g/mol. The van der Waals surface area contributed by atoms with Crippen LogP contribution in [0.5, 0.6) is 5.75 Å². The molecule has 0 aromatic heterocycles. The van der Waals surface area contributed by atoms with Gasteiger partial charge in [-0.2, -0.15) is 0 Å². The SMILES string of the molecule is COc1cc(Cl)cc(C(=O)Nc2ccc3c(c2)CNC3)c1. The average molecular weight is 303 g/mol. The number of halogens is 1. The van der Waals surface area contributed by atoms with Gasteiger partial charge in [0, 0.05) is 29.4 Å². The fourth-order valence-electron chi connectivity index (χ4n) is 2.39. The van der Waals surface area contributed by atoms with Crippen molar-refractivity contribution in [1.82, 2.24) is 5.32 Å². The van der Waals surface area contributed by atoms with Crippen molar-refractivity contribution < 1.29 is 9.53 Å². The normalized spacial score (nSPS) is 12.9. The second kappa shape index (κ2) is 5.76. The van der Waals surface area contributed by atoms with Crippen LogP contribution in [0.3, 0.4) is 0 Å². The molecule has 0 atom stereocenters. The maximum Gasteiger partial charge on any atom is 0.255 e. The number of carbonyl (C=O) groups excluding carboxylic acids is 1. The molecule has 4 nitrogen and oxygen atoms in total. The molecule has 0 unspecified atom stereocenters. The lowest BCUT2D eigenvalue weighted by atomic mass is 10.1. The smallest absolute Gasteiger partial charge is 0.255 e. The van der Waals surface area contributed by atoms with E-state index in [1.54, 1.807) is 25.3 Å². The van der Waals surface area contributed by atoms with Crippen LogP contribution in [0.15, 0.2) is 36.4 Å². The van der Waals surface area contributed by atoms with Crippen molar-refractivity contribution in [1.29, 1.82) is 0 Å². The number of fused-ring (bicyclic) bond motifs is 1. The summed E-state index contributed by atoms with van der Waals surface area (Å²) in [6, 6.07) is 10.9. The number of amides is 1. The summed E-state index contributed by atoms with van der Waals surface area (Å²) in [5.74, 6) is 0.354. The van der Waals surface area contributed by atoms with Crippen LogP contribution in [-0.2, 0) is 13.1 Å². The molecule has 1 aliphatic rings. The zero-order valence-electron chi connectivity index (χ0n) is 11.6. The third kappa shape index (κ3) is 3.01. The lowest BCUT2D eigenvalue weighted by Crippen LogP contribution is -2.12. The molecule has 0 bridgehead atoms. The van der Waals surface area contributed by atoms with Crippen LogP contribution in [0.2, 0.25) is 5.02 Å². The van der Waals surface area contributed by atoms with Crippen LogP contribution in [-0.4, -0.2) is 13.0 Å². The van der Waals surface area contributed by atoms with Gasteiger partial charge in [0.2, 0.25) is 0 Å². The number of hydrogen-bond acceptors (Lipinski definition) is 3. The molecule has 2 aromatic carbocycles. The summed E-state index contributed by atoms with van der Waals surface area (Å²) in [6.07, 6.45) is 0. The average Bonchev–Trinajstić information content (AvgIpc) is 2.94. The Bertz CT molecular complexity index is 701. The number of methoxy groups -OCH3 is 1. The van der Waals surface area contributed by atoms with E-state index >= 15 is 0 Å².